The average Bonchev–Trinajstić information content (AvgIpc) is 3.09. The highest BCUT2D eigenvalue weighted by atomic mass is 16.6. The first-order valence-corrected chi connectivity index (χ1v) is 7.22. The topological polar surface area (TPSA) is 120 Å². The zero-order valence-electron chi connectivity index (χ0n) is 12.6. The van der Waals surface area contributed by atoms with Crippen LogP contribution in [0.3, 0.4) is 0 Å². The quantitative estimate of drug-likeness (QED) is 0.530. The second-order valence-corrected chi connectivity index (χ2v) is 5.07. The number of hydrogen-bond acceptors (Lipinski definition) is 6. The maximum Gasteiger partial charge on any atom is 0.269 e. The van der Waals surface area contributed by atoms with Gasteiger partial charge in [-0.25, -0.2) is 4.98 Å². The molecule has 0 aliphatic heterocycles. The lowest BCUT2D eigenvalue weighted by Crippen LogP contribution is -2.13. The van der Waals surface area contributed by atoms with Crippen LogP contribution in [0.25, 0.3) is 0 Å². The molecule has 0 bridgehead atoms. The summed E-state index contributed by atoms with van der Waals surface area (Å²) in [4.78, 5) is 14.5. The first-order chi connectivity index (χ1) is 11.6. The number of H-pyrrole nitrogens is 1. The number of nitrogens with zero attached hydrogens (tertiary/aromatic N) is 3. The smallest absolute Gasteiger partial charge is 0.269 e. The predicted octanol–water partition coefficient (Wildman–Crippen LogP) is 2.34. The van der Waals surface area contributed by atoms with Crippen LogP contribution >= 0.6 is 0 Å². The number of ether oxygens (including phenoxy) is 1. The van der Waals surface area contributed by atoms with Crippen LogP contribution < -0.4 is 10.5 Å². The van der Waals surface area contributed by atoms with Gasteiger partial charge in [-0.1, -0.05) is 30.3 Å². The maximum absolute atomic E-state index is 10.6. The monoisotopic (exact) mass is 325 g/mol. The van der Waals surface area contributed by atoms with Crippen molar-refractivity contribution in [1.29, 1.82) is 0 Å². The minimum absolute atomic E-state index is 0.0122. The molecule has 0 fully saturated rings. The molecule has 1 heterocycles. The standard InChI is InChI=1S/C16H15N5O3/c17-15(11-4-2-1-3-5-11)16-18-14(19-20-16)10-24-13-8-6-12(7-9-13)21(22)23/h1-9,15H,10,17H2,(H,18,19,20). The minimum atomic E-state index is -0.461. The fourth-order valence-electron chi connectivity index (χ4n) is 2.14. The predicted molar refractivity (Wildman–Crippen MR) is 86.3 cm³/mol. The fraction of sp³-hybridized carbons (Fsp3) is 0.125. The molecule has 1 aromatic heterocycles. The van der Waals surface area contributed by atoms with Crippen molar-refractivity contribution in [2.24, 2.45) is 5.73 Å². The van der Waals surface area contributed by atoms with Crippen molar-refractivity contribution in [3.63, 3.8) is 0 Å². The largest absolute Gasteiger partial charge is 0.486 e. The van der Waals surface area contributed by atoms with E-state index in [9.17, 15) is 10.1 Å². The molecule has 0 radical (unpaired) electrons. The fourth-order valence-corrected chi connectivity index (χ4v) is 2.14. The van der Waals surface area contributed by atoms with Crippen molar-refractivity contribution >= 4 is 5.69 Å². The van der Waals surface area contributed by atoms with E-state index in [-0.39, 0.29) is 12.3 Å². The average molecular weight is 325 g/mol. The molecule has 1 unspecified atom stereocenters. The van der Waals surface area contributed by atoms with Crippen LogP contribution in [0.2, 0.25) is 0 Å². The molecule has 3 rings (SSSR count). The normalized spacial score (nSPS) is 11.9. The Morgan fingerprint density at radius 3 is 2.54 bits per heavy atom. The van der Waals surface area contributed by atoms with Gasteiger partial charge in [-0.3, -0.25) is 15.2 Å². The number of nitro benzene ring substituents is 1. The number of aromatic amines is 1. The Balaban J connectivity index is 1.63. The maximum atomic E-state index is 10.6. The summed E-state index contributed by atoms with van der Waals surface area (Å²) in [6.45, 7) is 0.159. The number of rotatable bonds is 6. The number of aromatic nitrogens is 3. The number of benzene rings is 2. The lowest BCUT2D eigenvalue weighted by molar-refractivity contribution is -0.384. The molecule has 0 amide bonds. The Morgan fingerprint density at radius 2 is 1.88 bits per heavy atom. The van der Waals surface area contributed by atoms with E-state index in [0.717, 1.165) is 5.56 Å². The zero-order chi connectivity index (χ0) is 16.9. The van der Waals surface area contributed by atoms with Gasteiger partial charge in [-0.05, 0) is 17.7 Å². The van der Waals surface area contributed by atoms with Crippen LogP contribution in [-0.2, 0) is 6.61 Å². The minimum Gasteiger partial charge on any atom is -0.486 e. The molecule has 2 aromatic carbocycles. The van der Waals surface area contributed by atoms with Gasteiger partial charge in [0.2, 0.25) is 0 Å². The van der Waals surface area contributed by atoms with Crippen molar-refractivity contribution < 1.29 is 9.66 Å². The Hall–Kier alpha value is -3.26. The number of nitro groups is 1. The Kier molecular flexibility index (Phi) is 4.48. The summed E-state index contributed by atoms with van der Waals surface area (Å²) >= 11 is 0. The summed E-state index contributed by atoms with van der Waals surface area (Å²) in [5.41, 5.74) is 7.06. The summed E-state index contributed by atoms with van der Waals surface area (Å²) in [6, 6.07) is 15.0. The number of nitrogens with two attached hydrogens (primary N) is 1. The van der Waals surface area contributed by atoms with E-state index in [4.69, 9.17) is 10.5 Å². The SMILES string of the molecule is NC(c1ccccc1)c1n[nH]c(COc2ccc([N+](=O)[O-])cc2)n1. The van der Waals surface area contributed by atoms with Crippen molar-refractivity contribution in [3.05, 3.63) is 81.9 Å². The van der Waals surface area contributed by atoms with E-state index in [2.05, 4.69) is 15.2 Å². The summed E-state index contributed by atoms with van der Waals surface area (Å²) < 4.78 is 5.53. The highest BCUT2D eigenvalue weighted by Gasteiger charge is 2.14. The van der Waals surface area contributed by atoms with E-state index >= 15 is 0 Å². The highest BCUT2D eigenvalue weighted by Crippen LogP contribution is 2.19. The van der Waals surface area contributed by atoms with Crippen LogP contribution in [-0.4, -0.2) is 20.1 Å². The van der Waals surface area contributed by atoms with Crippen molar-refractivity contribution in [1.82, 2.24) is 15.2 Å². The van der Waals surface area contributed by atoms with Crippen LogP contribution in [0.5, 0.6) is 5.75 Å². The molecule has 0 aliphatic carbocycles. The van der Waals surface area contributed by atoms with Crippen LogP contribution in [0, 0.1) is 10.1 Å². The molecule has 122 valence electrons. The van der Waals surface area contributed by atoms with E-state index < -0.39 is 11.0 Å². The van der Waals surface area contributed by atoms with Gasteiger partial charge in [0, 0.05) is 12.1 Å². The van der Waals surface area contributed by atoms with Gasteiger partial charge < -0.3 is 10.5 Å². The molecule has 8 heteroatoms. The van der Waals surface area contributed by atoms with Crippen LogP contribution in [0.1, 0.15) is 23.3 Å². The molecule has 0 spiro atoms. The number of hydrogen-bond donors (Lipinski definition) is 2. The lowest BCUT2D eigenvalue weighted by Gasteiger charge is -2.07. The lowest BCUT2D eigenvalue weighted by atomic mass is 10.1. The summed E-state index contributed by atoms with van der Waals surface area (Å²) in [7, 11) is 0. The molecule has 24 heavy (non-hydrogen) atoms. The van der Waals surface area contributed by atoms with E-state index in [0.29, 0.717) is 17.4 Å². The summed E-state index contributed by atoms with van der Waals surface area (Å²) in [6.07, 6.45) is 0. The molecule has 1 atom stereocenters. The Morgan fingerprint density at radius 1 is 1.17 bits per heavy atom. The number of non-ortho nitro benzene ring substituents is 1. The molecule has 3 aromatic rings. The molecule has 0 saturated heterocycles. The molecular formula is C16H15N5O3. The van der Waals surface area contributed by atoms with Crippen molar-refractivity contribution in [2.45, 2.75) is 12.6 Å². The van der Waals surface area contributed by atoms with Gasteiger partial charge >= 0.3 is 0 Å². The second kappa shape index (κ2) is 6.88. The Labute approximate surface area is 137 Å². The highest BCUT2D eigenvalue weighted by molar-refractivity contribution is 5.36. The van der Waals surface area contributed by atoms with Gasteiger partial charge in [-0.2, -0.15) is 5.10 Å². The van der Waals surface area contributed by atoms with Gasteiger partial charge in [0.25, 0.3) is 5.69 Å². The van der Waals surface area contributed by atoms with Gasteiger partial charge in [0.15, 0.2) is 11.6 Å². The third-order valence-corrected chi connectivity index (χ3v) is 3.41. The van der Waals surface area contributed by atoms with Gasteiger partial charge in [0.05, 0.1) is 11.0 Å². The Bertz CT molecular complexity index is 817. The van der Waals surface area contributed by atoms with Crippen LogP contribution in [0.15, 0.2) is 54.6 Å². The molecule has 0 saturated carbocycles. The first kappa shape index (κ1) is 15.6. The van der Waals surface area contributed by atoms with Crippen LogP contribution in [0.4, 0.5) is 5.69 Å². The third kappa shape index (κ3) is 3.55. The third-order valence-electron chi connectivity index (χ3n) is 3.41. The zero-order valence-corrected chi connectivity index (χ0v) is 12.6. The van der Waals surface area contributed by atoms with Gasteiger partial charge in [0.1, 0.15) is 12.4 Å². The van der Waals surface area contributed by atoms with E-state index in [1.807, 2.05) is 30.3 Å². The second-order valence-electron chi connectivity index (χ2n) is 5.07. The van der Waals surface area contributed by atoms with E-state index in [1.165, 1.54) is 24.3 Å². The number of nitrogens with one attached hydrogen (secondary N) is 1. The summed E-state index contributed by atoms with van der Waals surface area (Å²) in [5.74, 6) is 1.50. The molecular weight excluding hydrogens is 310 g/mol. The van der Waals surface area contributed by atoms with Crippen molar-refractivity contribution in [3.8, 4) is 5.75 Å². The van der Waals surface area contributed by atoms with E-state index in [1.54, 1.807) is 0 Å². The summed E-state index contributed by atoms with van der Waals surface area (Å²) in [5, 5.41) is 17.5. The molecule has 8 nitrogen and oxygen atoms in total. The van der Waals surface area contributed by atoms with Crippen molar-refractivity contribution in [2.75, 3.05) is 0 Å². The molecule has 3 N–H and O–H groups in total. The van der Waals surface area contributed by atoms with Gasteiger partial charge in [-0.15, -0.1) is 0 Å². The first-order valence-electron chi connectivity index (χ1n) is 7.22. The molecule has 0 aliphatic rings.